The average Bonchev–Trinajstić information content (AvgIpc) is 2.80. The fraction of sp³-hybridized carbons (Fsp3) is 0.0625. The molecule has 3 aromatic rings. The van der Waals surface area contributed by atoms with Crippen molar-refractivity contribution in [2.75, 3.05) is 5.73 Å². The number of hydrogen-bond acceptors (Lipinski definition) is 2. The summed E-state index contributed by atoms with van der Waals surface area (Å²) in [4.78, 5) is 0. The molecule has 0 amide bonds. The maximum Gasteiger partial charge on any atom is 0.124 e. The van der Waals surface area contributed by atoms with Crippen molar-refractivity contribution in [3.8, 4) is 6.07 Å². The summed E-state index contributed by atoms with van der Waals surface area (Å²) in [5, 5.41) is 9.96. The van der Waals surface area contributed by atoms with E-state index in [1.54, 1.807) is 6.07 Å². The smallest absolute Gasteiger partial charge is 0.124 e. The van der Waals surface area contributed by atoms with Gasteiger partial charge in [-0.1, -0.05) is 6.07 Å². The van der Waals surface area contributed by atoms with Crippen molar-refractivity contribution >= 4 is 16.6 Å². The van der Waals surface area contributed by atoms with Crippen LogP contribution in [-0.4, -0.2) is 4.57 Å². The van der Waals surface area contributed by atoms with E-state index in [1.165, 1.54) is 12.1 Å². The molecule has 0 aliphatic carbocycles. The molecule has 0 bridgehead atoms. The van der Waals surface area contributed by atoms with E-state index in [1.807, 2.05) is 41.1 Å². The minimum absolute atomic E-state index is 0.330. The van der Waals surface area contributed by atoms with Gasteiger partial charge in [0, 0.05) is 18.4 Å². The van der Waals surface area contributed by atoms with Crippen molar-refractivity contribution in [2.45, 2.75) is 6.54 Å². The van der Waals surface area contributed by atoms with Crippen molar-refractivity contribution in [3.05, 3.63) is 65.6 Å². The molecule has 0 atom stereocenters. The van der Waals surface area contributed by atoms with Gasteiger partial charge in [-0.3, -0.25) is 0 Å². The molecule has 4 heteroatoms. The topological polar surface area (TPSA) is 54.7 Å². The molecule has 0 fully saturated rings. The predicted octanol–water partition coefficient (Wildman–Crippen LogP) is 3.28. The summed E-state index contributed by atoms with van der Waals surface area (Å²) >= 11 is 0. The number of benzene rings is 2. The molecule has 1 aromatic heterocycles. The molecule has 0 radical (unpaired) electrons. The first kappa shape index (κ1) is 12.2. The molecule has 0 aliphatic heterocycles. The number of nitriles is 1. The first-order chi connectivity index (χ1) is 9.65. The molecule has 2 aromatic carbocycles. The second-order valence-corrected chi connectivity index (χ2v) is 4.72. The van der Waals surface area contributed by atoms with Crippen LogP contribution in [0.5, 0.6) is 0 Å². The van der Waals surface area contributed by atoms with Gasteiger partial charge in [0.15, 0.2) is 0 Å². The highest BCUT2D eigenvalue weighted by molar-refractivity contribution is 5.83. The summed E-state index contributed by atoms with van der Waals surface area (Å²) in [7, 11) is 0. The lowest BCUT2D eigenvalue weighted by molar-refractivity contribution is 0.623. The van der Waals surface area contributed by atoms with Crippen molar-refractivity contribution in [3.63, 3.8) is 0 Å². The SMILES string of the molecule is N#Cc1cc(F)cc(Cn2ccc3ccc(N)cc32)c1. The molecule has 0 spiro atoms. The number of hydrogen-bond donors (Lipinski definition) is 1. The standard InChI is InChI=1S/C16H12FN3/c17-14-6-11(9-18)5-12(7-14)10-20-4-3-13-1-2-15(19)8-16(13)20/h1-8H,10,19H2. The second-order valence-electron chi connectivity index (χ2n) is 4.72. The van der Waals surface area contributed by atoms with Gasteiger partial charge >= 0.3 is 0 Å². The lowest BCUT2D eigenvalue weighted by Gasteiger charge is -2.07. The van der Waals surface area contributed by atoms with E-state index < -0.39 is 5.82 Å². The highest BCUT2D eigenvalue weighted by atomic mass is 19.1. The minimum Gasteiger partial charge on any atom is -0.399 e. The van der Waals surface area contributed by atoms with Gasteiger partial charge < -0.3 is 10.3 Å². The minimum atomic E-state index is -0.393. The van der Waals surface area contributed by atoms with Gasteiger partial charge in [-0.25, -0.2) is 4.39 Å². The summed E-state index contributed by atoms with van der Waals surface area (Å²) < 4.78 is 15.4. The monoisotopic (exact) mass is 265 g/mol. The van der Waals surface area contributed by atoms with Crippen molar-refractivity contribution < 1.29 is 4.39 Å². The first-order valence-electron chi connectivity index (χ1n) is 6.19. The Labute approximate surface area is 115 Å². The van der Waals surface area contributed by atoms with Gasteiger partial charge in [0.1, 0.15) is 5.82 Å². The summed E-state index contributed by atoms with van der Waals surface area (Å²) in [6, 6.07) is 14.0. The molecular formula is C16H12FN3. The third-order valence-corrected chi connectivity index (χ3v) is 3.24. The molecule has 0 saturated carbocycles. The zero-order valence-corrected chi connectivity index (χ0v) is 10.7. The molecular weight excluding hydrogens is 253 g/mol. The van der Waals surface area contributed by atoms with Gasteiger partial charge in [-0.05, 0) is 47.3 Å². The molecule has 1 heterocycles. The maximum atomic E-state index is 13.4. The first-order valence-corrected chi connectivity index (χ1v) is 6.19. The molecule has 0 aliphatic rings. The highest BCUT2D eigenvalue weighted by Crippen LogP contribution is 2.20. The van der Waals surface area contributed by atoms with Crippen LogP contribution in [0.1, 0.15) is 11.1 Å². The summed E-state index contributed by atoms with van der Waals surface area (Å²) in [5.74, 6) is -0.393. The Balaban J connectivity index is 2.03. The molecule has 3 nitrogen and oxygen atoms in total. The number of nitrogens with two attached hydrogens (primary N) is 1. The number of rotatable bonds is 2. The maximum absolute atomic E-state index is 13.4. The Morgan fingerprint density at radius 1 is 1.15 bits per heavy atom. The van der Waals surface area contributed by atoms with Crippen molar-refractivity contribution in [1.29, 1.82) is 5.26 Å². The number of fused-ring (bicyclic) bond motifs is 1. The van der Waals surface area contributed by atoms with Crippen LogP contribution in [0.3, 0.4) is 0 Å². The summed E-state index contributed by atoms with van der Waals surface area (Å²) in [6.45, 7) is 0.499. The van der Waals surface area contributed by atoms with E-state index in [0.717, 1.165) is 16.5 Å². The third kappa shape index (κ3) is 2.21. The predicted molar refractivity (Wildman–Crippen MR) is 76.6 cm³/mol. The van der Waals surface area contributed by atoms with Crippen LogP contribution in [-0.2, 0) is 6.54 Å². The van der Waals surface area contributed by atoms with Gasteiger partial charge in [-0.15, -0.1) is 0 Å². The van der Waals surface area contributed by atoms with E-state index in [4.69, 9.17) is 11.0 Å². The van der Waals surface area contributed by atoms with Crippen molar-refractivity contribution in [1.82, 2.24) is 4.57 Å². The third-order valence-electron chi connectivity index (χ3n) is 3.24. The molecule has 98 valence electrons. The van der Waals surface area contributed by atoms with E-state index in [-0.39, 0.29) is 0 Å². The van der Waals surface area contributed by atoms with Gasteiger partial charge in [0.2, 0.25) is 0 Å². The Morgan fingerprint density at radius 2 is 2.00 bits per heavy atom. The van der Waals surface area contributed by atoms with Crippen LogP contribution < -0.4 is 5.73 Å². The second kappa shape index (κ2) is 4.71. The van der Waals surface area contributed by atoms with Crippen LogP contribution in [0.25, 0.3) is 10.9 Å². The Morgan fingerprint density at radius 3 is 2.80 bits per heavy atom. The normalized spacial score (nSPS) is 10.6. The van der Waals surface area contributed by atoms with E-state index in [0.29, 0.717) is 17.8 Å². The van der Waals surface area contributed by atoms with Crippen LogP contribution in [0.4, 0.5) is 10.1 Å². The van der Waals surface area contributed by atoms with Crippen LogP contribution in [0, 0.1) is 17.1 Å². The Bertz CT molecular complexity index is 827. The quantitative estimate of drug-likeness (QED) is 0.723. The average molecular weight is 265 g/mol. The lowest BCUT2D eigenvalue weighted by Crippen LogP contribution is -1.99. The molecule has 0 unspecified atom stereocenters. The Hall–Kier alpha value is -2.80. The van der Waals surface area contributed by atoms with E-state index in [9.17, 15) is 4.39 Å². The lowest BCUT2D eigenvalue weighted by atomic mass is 10.1. The highest BCUT2D eigenvalue weighted by Gasteiger charge is 2.05. The zero-order chi connectivity index (χ0) is 14.1. The van der Waals surface area contributed by atoms with E-state index in [2.05, 4.69) is 0 Å². The molecule has 2 N–H and O–H groups in total. The number of halogens is 1. The number of anilines is 1. The van der Waals surface area contributed by atoms with Gasteiger partial charge in [0.25, 0.3) is 0 Å². The fourth-order valence-corrected chi connectivity index (χ4v) is 2.34. The van der Waals surface area contributed by atoms with E-state index >= 15 is 0 Å². The van der Waals surface area contributed by atoms with Crippen molar-refractivity contribution in [2.24, 2.45) is 0 Å². The summed E-state index contributed by atoms with van der Waals surface area (Å²) in [6.07, 6.45) is 1.93. The van der Waals surface area contributed by atoms with Gasteiger partial charge in [-0.2, -0.15) is 5.26 Å². The van der Waals surface area contributed by atoms with Gasteiger partial charge in [0.05, 0.1) is 17.1 Å². The molecule has 0 saturated heterocycles. The largest absolute Gasteiger partial charge is 0.399 e. The van der Waals surface area contributed by atoms with Crippen LogP contribution in [0.2, 0.25) is 0 Å². The molecule has 3 rings (SSSR count). The number of nitrogens with zero attached hydrogens (tertiary/aromatic N) is 2. The fourth-order valence-electron chi connectivity index (χ4n) is 2.34. The molecule has 20 heavy (non-hydrogen) atoms. The number of nitrogen functional groups attached to an aromatic ring is 1. The number of aromatic nitrogens is 1. The summed E-state index contributed by atoms with van der Waals surface area (Å²) in [5.41, 5.74) is 8.56. The van der Waals surface area contributed by atoms with Crippen LogP contribution in [0.15, 0.2) is 48.7 Å². The zero-order valence-electron chi connectivity index (χ0n) is 10.7. The Kier molecular flexibility index (Phi) is 2.88. The van der Waals surface area contributed by atoms with Crippen LogP contribution >= 0.6 is 0 Å².